The fraction of sp³-hybridized carbons (Fsp3) is 0.211. The highest BCUT2D eigenvalue weighted by Gasteiger charge is 2.23. The molecule has 0 saturated heterocycles. The Labute approximate surface area is 164 Å². The summed E-state index contributed by atoms with van der Waals surface area (Å²) < 4.78 is 2.14. The van der Waals surface area contributed by atoms with E-state index < -0.39 is 5.60 Å². The fourth-order valence-electron chi connectivity index (χ4n) is 2.89. The molecule has 7 heteroatoms. The smallest absolute Gasteiger partial charge is 0.139 e. The van der Waals surface area contributed by atoms with Crippen LogP contribution in [0.1, 0.15) is 18.7 Å². The van der Waals surface area contributed by atoms with E-state index in [-0.39, 0.29) is 0 Å². The van der Waals surface area contributed by atoms with Crippen molar-refractivity contribution in [2.24, 2.45) is 0 Å². The summed E-state index contributed by atoms with van der Waals surface area (Å²) >= 11 is 4.84. The summed E-state index contributed by atoms with van der Waals surface area (Å²) in [4.78, 5) is 9.98. The molecule has 1 aromatic carbocycles. The van der Waals surface area contributed by atoms with Gasteiger partial charge in [0.1, 0.15) is 5.01 Å². The van der Waals surface area contributed by atoms with E-state index in [0.717, 1.165) is 37.1 Å². The van der Waals surface area contributed by atoms with Gasteiger partial charge >= 0.3 is 0 Å². The Kier molecular flexibility index (Phi) is 4.56. The zero-order valence-electron chi connectivity index (χ0n) is 14.7. The van der Waals surface area contributed by atoms with Crippen LogP contribution >= 0.6 is 34.6 Å². The van der Waals surface area contributed by atoms with E-state index in [1.54, 1.807) is 34.6 Å². The van der Waals surface area contributed by atoms with Crippen molar-refractivity contribution in [3.05, 3.63) is 52.2 Å². The van der Waals surface area contributed by atoms with Crippen molar-refractivity contribution in [1.29, 1.82) is 0 Å². The summed E-state index contributed by atoms with van der Waals surface area (Å²) in [6, 6.07) is 10.5. The minimum absolute atomic E-state index is 0.839. The molecule has 26 heavy (non-hydrogen) atoms. The number of thiazole rings is 1. The third-order valence-corrected chi connectivity index (χ3v) is 7.23. The summed E-state index contributed by atoms with van der Waals surface area (Å²) in [6.45, 7) is 3.66. The molecule has 3 aromatic heterocycles. The first-order valence-electron chi connectivity index (χ1n) is 8.17. The van der Waals surface area contributed by atoms with Gasteiger partial charge in [-0.05, 0) is 49.4 Å². The number of thiophene rings is 1. The minimum atomic E-state index is -0.839. The second-order valence-electron chi connectivity index (χ2n) is 6.52. The molecule has 0 radical (unpaired) electrons. The van der Waals surface area contributed by atoms with Crippen molar-refractivity contribution in [2.45, 2.75) is 24.3 Å². The second kappa shape index (κ2) is 6.74. The Morgan fingerprint density at radius 2 is 2.04 bits per heavy atom. The number of benzene rings is 1. The minimum Gasteiger partial charge on any atom is -0.385 e. The van der Waals surface area contributed by atoms with Gasteiger partial charge in [0.25, 0.3) is 0 Å². The number of nitrogens with one attached hydrogen (secondary N) is 1. The molecule has 0 aliphatic carbocycles. The SMILES string of the molecule is CN(Sc1ccsc1C(C)(C)O)c1cccc2cc(-c3nccs3)[nH]c12. The normalized spacial score (nSPS) is 12.0. The van der Waals surface area contributed by atoms with E-state index in [4.69, 9.17) is 0 Å². The predicted molar refractivity (Wildman–Crippen MR) is 113 cm³/mol. The van der Waals surface area contributed by atoms with Crippen LogP contribution < -0.4 is 4.31 Å². The van der Waals surface area contributed by atoms with Gasteiger partial charge in [0.15, 0.2) is 0 Å². The lowest BCUT2D eigenvalue weighted by atomic mass is 10.1. The lowest BCUT2D eigenvalue weighted by Gasteiger charge is -2.22. The third-order valence-electron chi connectivity index (χ3n) is 4.06. The van der Waals surface area contributed by atoms with E-state index in [2.05, 4.69) is 51.7 Å². The van der Waals surface area contributed by atoms with Crippen LogP contribution in [0, 0.1) is 0 Å². The molecule has 0 fully saturated rings. The second-order valence-corrected chi connectivity index (χ2v) is 9.50. The monoisotopic (exact) mass is 401 g/mol. The molecular weight excluding hydrogens is 382 g/mol. The van der Waals surface area contributed by atoms with Crippen molar-refractivity contribution in [3.8, 4) is 10.7 Å². The van der Waals surface area contributed by atoms with E-state index in [1.165, 1.54) is 0 Å². The molecule has 0 bridgehead atoms. The van der Waals surface area contributed by atoms with Gasteiger partial charge in [0.2, 0.25) is 0 Å². The van der Waals surface area contributed by atoms with Gasteiger partial charge < -0.3 is 14.4 Å². The molecule has 0 aliphatic heterocycles. The maximum absolute atomic E-state index is 10.4. The molecule has 2 N–H and O–H groups in total. The van der Waals surface area contributed by atoms with Crippen LogP contribution in [0.3, 0.4) is 0 Å². The van der Waals surface area contributed by atoms with E-state index in [0.29, 0.717) is 0 Å². The Morgan fingerprint density at radius 1 is 1.19 bits per heavy atom. The van der Waals surface area contributed by atoms with Gasteiger partial charge in [-0.2, -0.15) is 0 Å². The standard InChI is InChI=1S/C19H19N3OS3/c1-19(2,23)17-15(7-9-24-17)26-22(3)14-6-4-5-12-11-13(21-16(12)14)18-20-8-10-25-18/h4-11,21,23H,1-3H3. The molecule has 4 aromatic rings. The number of para-hydroxylation sites is 1. The van der Waals surface area contributed by atoms with Crippen molar-refractivity contribution in [1.82, 2.24) is 9.97 Å². The molecular formula is C19H19N3OS3. The van der Waals surface area contributed by atoms with Gasteiger partial charge in [-0.3, -0.25) is 0 Å². The topological polar surface area (TPSA) is 52.1 Å². The Balaban J connectivity index is 1.69. The summed E-state index contributed by atoms with van der Waals surface area (Å²) in [5.41, 5.74) is 2.39. The summed E-state index contributed by atoms with van der Waals surface area (Å²) in [5.74, 6) is 0. The van der Waals surface area contributed by atoms with Gasteiger partial charge in [0, 0.05) is 28.9 Å². The van der Waals surface area contributed by atoms with Crippen molar-refractivity contribution < 1.29 is 5.11 Å². The molecule has 134 valence electrons. The summed E-state index contributed by atoms with van der Waals surface area (Å²) in [5, 5.41) is 16.6. The van der Waals surface area contributed by atoms with Gasteiger partial charge in [-0.1, -0.05) is 12.1 Å². The lowest BCUT2D eigenvalue weighted by Crippen LogP contribution is -2.15. The largest absolute Gasteiger partial charge is 0.385 e. The number of nitrogens with zero attached hydrogens (tertiary/aromatic N) is 2. The number of anilines is 1. The summed E-state index contributed by atoms with van der Waals surface area (Å²) in [6.07, 6.45) is 1.82. The Morgan fingerprint density at radius 3 is 2.77 bits per heavy atom. The van der Waals surface area contributed by atoms with Crippen LogP contribution in [0.5, 0.6) is 0 Å². The number of hydrogen-bond acceptors (Lipinski definition) is 6. The van der Waals surface area contributed by atoms with Crippen LogP contribution in [0.25, 0.3) is 21.6 Å². The van der Waals surface area contributed by atoms with Gasteiger partial charge in [-0.25, -0.2) is 4.98 Å². The van der Waals surface area contributed by atoms with Crippen LogP contribution in [-0.2, 0) is 5.60 Å². The molecule has 0 saturated carbocycles. The Bertz CT molecular complexity index is 1030. The molecule has 3 heterocycles. The molecule has 0 atom stereocenters. The number of aromatic nitrogens is 2. The molecule has 4 rings (SSSR count). The highest BCUT2D eigenvalue weighted by Crippen LogP contribution is 2.40. The predicted octanol–water partition coefficient (Wildman–Crippen LogP) is 5.72. The number of H-pyrrole nitrogens is 1. The van der Waals surface area contributed by atoms with Crippen LogP contribution in [-0.4, -0.2) is 22.1 Å². The number of fused-ring (bicyclic) bond motifs is 1. The average Bonchev–Trinajstić information content (AvgIpc) is 3.32. The highest BCUT2D eigenvalue weighted by molar-refractivity contribution is 8.00. The lowest BCUT2D eigenvalue weighted by molar-refractivity contribution is 0.0800. The molecule has 0 amide bonds. The first-order chi connectivity index (χ1) is 12.4. The van der Waals surface area contributed by atoms with E-state index >= 15 is 0 Å². The number of rotatable bonds is 5. The zero-order valence-corrected chi connectivity index (χ0v) is 17.1. The van der Waals surface area contributed by atoms with E-state index in [9.17, 15) is 5.11 Å². The maximum Gasteiger partial charge on any atom is 0.139 e. The average molecular weight is 402 g/mol. The maximum atomic E-state index is 10.4. The molecule has 0 aliphatic rings. The van der Waals surface area contributed by atoms with Crippen molar-refractivity contribution >= 4 is 51.2 Å². The zero-order chi connectivity index (χ0) is 18.3. The van der Waals surface area contributed by atoms with Gasteiger partial charge in [0.05, 0.1) is 27.4 Å². The number of aromatic amines is 1. The molecule has 4 nitrogen and oxygen atoms in total. The fourth-order valence-corrected chi connectivity index (χ4v) is 5.66. The first kappa shape index (κ1) is 17.6. The quantitative estimate of drug-likeness (QED) is 0.420. The van der Waals surface area contributed by atoms with E-state index in [1.807, 2.05) is 30.8 Å². The molecule has 0 spiro atoms. The van der Waals surface area contributed by atoms with Crippen LogP contribution in [0.4, 0.5) is 5.69 Å². The summed E-state index contributed by atoms with van der Waals surface area (Å²) in [7, 11) is 2.05. The molecule has 0 unspecified atom stereocenters. The van der Waals surface area contributed by atoms with Gasteiger partial charge in [-0.15, -0.1) is 22.7 Å². The third kappa shape index (κ3) is 3.27. The van der Waals surface area contributed by atoms with Crippen molar-refractivity contribution in [3.63, 3.8) is 0 Å². The van der Waals surface area contributed by atoms with Crippen LogP contribution in [0.15, 0.2) is 52.2 Å². The Hall–Kier alpha value is -1.80. The first-order valence-corrected chi connectivity index (χ1v) is 10.7. The van der Waals surface area contributed by atoms with Crippen molar-refractivity contribution in [2.75, 3.05) is 11.4 Å². The highest BCUT2D eigenvalue weighted by atomic mass is 32.2. The number of aliphatic hydroxyl groups is 1. The number of hydrogen-bond donors (Lipinski definition) is 2. The van der Waals surface area contributed by atoms with Crippen LogP contribution in [0.2, 0.25) is 0 Å².